The minimum absolute atomic E-state index is 0.695. The highest BCUT2D eigenvalue weighted by molar-refractivity contribution is 5.00. The third kappa shape index (κ3) is 1.90. The van der Waals surface area contributed by atoms with Crippen LogP contribution in [0, 0.1) is 6.58 Å². The van der Waals surface area contributed by atoms with Gasteiger partial charge in [0, 0.05) is 6.42 Å². The van der Waals surface area contributed by atoms with Gasteiger partial charge in [0.05, 0.1) is 6.20 Å². The average molecular weight is 134 g/mol. The summed E-state index contributed by atoms with van der Waals surface area (Å²) in [6.07, 6.45) is 8.98. The first-order chi connectivity index (χ1) is 4.93. The van der Waals surface area contributed by atoms with E-state index in [4.69, 9.17) is 11.0 Å². The number of allylic oxidation sites excluding steroid dienone is 3. The summed E-state index contributed by atoms with van der Waals surface area (Å²) in [6.45, 7) is 5.11. The van der Waals surface area contributed by atoms with Crippen molar-refractivity contribution in [2.45, 2.75) is 6.42 Å². The van der Waals surface area contributed by atoms with E-state index in [-0.39, 0.29) is 0 Å². The molecule has 1 aromatic heterocycles. The standard InChI is InChI=1S/C8H8NO/c1-2-3-4-5-8-9-6-7-10-8/h1-4,6-7H,5H2/b2-1?,4-3+. The second-order valence-electron chi connectivity index (χ2n) is 1.75. The van der Waals surface area contributed by atoms with Crippen LogP contribution in [0.25, 0.3) is 0 Å². The summed E-state index contributed by atoms with van der Waals surface area (Å²) in [5.41, 5.74) is 0. The van der Waals surface area contributed by atoms with Gasteiger partial charge in [-0.15, -0.1) is 0 Å². The predicted molar refractivity (Wildman–Crippen MR) is 38.2 cm³/mol. The van der Waals surface area contributed by atoms with Gasteiger partial charge in [0.2, 0.25) is 0 Å². The number of rotatable bonds is 3. The molecule has 0 amide bonds. The van der Waals surface area contributed by atoms with Gasteiger partial charge in [-0.2, -0.15) is 0 Å². The van der Waals surface area contributed by atoms with Crippen LogP contribution >= 0.6 is 0 Å². The fraction of sp³-hybridized carbons (Fsp3) is 0.125. The summed E-state index contributed by atoms with van der Waals surface area (Å²) in [7, 11) is 0. The van der Waals surface area contributed by atoms with Gasteiger partial charge >= 0.3 is 0 Å². The van der Waals surface area contributed by atoms with Gasteiger partial charge in [0.15, 0.2) is 5.89 Å². The lowest BCUT2D eigenvalue weighted by Gasteiger charge is -1.82. The summed E-state index contributed by atoms with van der Waals surface area (Å²) >= 11 is 0. The summed E-state index contributed by atoms with van der Waals surface area (Å²) in [5.74, 6) is 0.707. The van der Waals surface area contributed by atoms with E-state index in [1.165, 1.54) is 6.08 Å². The molecule has 1 rings (SSSR count). The third-order valence-electron chi connectivity index (χ3n) is 1.02. The molecule has 1 aromatic rings. The number of hydrogen-bond donors (Lipinski definition) is 0. The lowest BCUT2D eigenvalue weighted by atomic mass is 10.4. The Labute approximate surface area is 59.9 Å². The molecule has 0 fully saturated rings. The Kier molecular flexibility index (Phi) is 2.49. The van der Waals surface area contributed by atoms with E-state index in [1.54, 1.807) is 18.5 Å². The Morgan fingerprint density at radius 2 is 2.60 bits per heavy atom. The Balaban J connectivity index is 2.41. The second kappa shape index (κ2) is 3.67. The molecule has 10 heavy (non-hydrogen) atoms. The largest absolute Gasteiger partial charge is 0.449 e. The molecule has 0 saturated carbocycles. The molecule has 0 bridgehead atoms. The van der Waals surface area contributed by atoms with E-state index in [9.17, 15) is 0 Å². The predicted octanol–water partition coefficient (Wildman–Crippen LogP) is 1.76. The van der Waals surface area contributed by atoms with E-state index in [0.717, 1.165) is 0 Å². The zero-order valence-corrected chi connectivity index (χ0v) is 5.53. The molecular weight excluding hydrogens is 126 g/mol. The molecule has 0 aliphatic heterocycles. The lowest BCUT2D eigenvalue weighted by Crippen LogP contribution is -1.76. The SMILES string of the molecule is [CH]=C/C=C/Cc1ncco1. The van der Waals surface area contributed by atoms with Crippen LogP contribution in [-0.4, -0.2) is 4.98 Å². The number of nitrogens with zero attached hydrogens (tertiary/aromatic N) is 1. The van der Waals surface area contributed by atoms with Crippen molar-refractivity contribution in [1.29, 1.82) is 0 Å². The molecule has 0 unspecified atom stereocenters. The Morgan fingerprint density at radius 3 is 3.20 bits per heavy atom. The monoisotopic (exact) mass is 134 g/mol. The van der Waals surface area contributed by atoms with Crippen LogP contribution in [0.2, 0.25) is 0 Å². The third-order valence-corrected chi connectivity index (χ3v) is 1.02. The number of aromatic nitrogens is 1. The molecule has 2 heteroatoms. The van der Waals surface area contributed by atoms with E-state index in [2.05, 4.69) is 4.98 Å². The van der Waals surface area contributed by atoms with Crippen molar-refractivity contribution in [3.8, 4) is 0 Å². The minimum atomic E-state index is 0.695. The molecule has 0 N–H and O–H groups in total. The maximum Gasteiger partial charge on any atom is 0.197 e. The Morgan fingerprint density at radius 1 is 1.70 bits per heavy atom. The van der Waals surface area contributed by atoms with Crippen molar-refractivity contribution >= 4 is 0 Å². The molecule has 0 saturated heterocycles. The van der Waals surface area contributed by atoms with E-state index in [1.807, 2.05) is 6.08 Å². The highest BCUT2D eigenvalue weighted by Crippen LogP contribution is 1.95. The van der Waals surface area contributed by atoms with Crippen LogP contribution in [0.4, 0.5) is 0 Å². The van der Waals surface area contributed by atoms with Gasteiger partial charge in [0.25, 0.3) is 0 Å². The maximum absolute atomic E-state index is 5.11. The lowest BCUT2D eigenvalue weighted by molar-refractivity contribution is 0.509. The first kappa shape index (κ1) is 6.81. The van der Waals surface area contributed by atoms with Crippen LogP contribution in [-0.2, 0) is 6.42 Å². The van der Waals surface area contributed by atoms with Crippen molar-refractivity contribution in [1.82, 2.24) is 4.98 Å². The molecule has 0 aliphatic rings. The first-order valence-corrected chi connectivity index (χ1v) is 3.02. The average Bonchev–Trinajstić information content (AvgIpc) is 2.41. The Hall–Kier alpha value is -1.31. The summed E-state index contributed by atoms with van der Waals surface area (Å²) in [6, 6.07) is 0. The van der Waals surface area contributed by atoms with Crippen LogP contribution in [0.3, 0.4) is 0 Å². The first-order valence-electron chi connectivity index (χ1n) is 3.02. The topological polar surface area (TPSA) is 26.0 Å². The van der Waals surface area contributed by atoms with Gasteiger partial charge in [-0.3, -0.25) is 0 Å². The van der Waals surface area contributed by atoms with Gasteiger partial charge in [-0.1, -0.05) is 24.8 Å². The molecule has 2 nitrogen and oxygen atoms in total. The highest BCUT2D eigenvalue weighted by Gasteiger charge is 1.89. The summed E-state index contributed by atoms with van der Waals surface area (Å²) in [5, 5.41) is 0. The molecular formula is C8H8NO. The van der Waals surface area contributed by atoms with Crippen LogP contribution in [0.15, 0.2) is 35.1 Å². The van der Waals surface area contributed by atoms with Crippen molar-refractivity contribution in [3.63, 3.8) is 0 Å². The summed E-state index contributed by atoms with van der Waals surface area (Å²) in [4.78, 5) is 3.92. The van der Waals surface area contributed by atoms with Crippen molar-refractivity contribution in [2.75, 3.05) is 0 Å². The normalized spacial score (nSPS) is 10.4. The number of oxazole rings is 1. The van der Waals surface area contributed by atoms with Crippen molar-refractivity contribution in [3.05, 3.63) is 43.2 Å². The van der Waals surface area contributed by atoms with E-state index < -0.39 is 0 Å². The quantitative estimate of drug-likeness (QED) is 0.589. The maximum atomic E-state index is 5.11. The summed E-state index contributed by atoms with van der Waals surface area (Å²) < 4.78 is 4.96. The minimum Gasteiger partial charge on any atom is -0.449 e. The van der Waals surface area contributed by atoms with Gasteiger partial charge in [-0.25, -0.2) is 4.98 Å². The number of hydrogen-bond acceptors (Lipinski definition) is 2. The molecule has 0 spiro atoms. The van der Waals surface area contributed by atoms with E-state index >= 15 is 0 Å². The smallest absolute Gasteiger partial charge is 0.197 e. The van der Waals surface area contributed by atoms with Crippen LogP contribution < -0.4 is 0 Å². The van der Waals surface area contributed by atoms with Crippen molar-refractivity contribution in [2.24, 2.45) is 0 Å². The fourth-order valence-electron chi connectivity index (χ4n) is 0.601. The molecule has 0 atom stereocenters. The zero-order valence-electron chi connectivity index (χ0n) is 5.53. The fourth-order valence-corrected chi connectivity index (χ4v) is 0.601. The Bertz CT molecular complexity index is 211. The molecule has 0 aliphatic carbocycles. The van der Waals surface area contributed by atoms with E-state index in [0.29, 0.717) is 12.3 Å². The van der Waals surface area contributed by atoms with Gasteiger partial charge in [-0.05, 0) is 0 Å². The molecule has 1 heterocycles. The molecule has 51 valence electrons. The second-order valence-corrected chi connectivity index (χ2v) is 1.75. The molecule has 1 radical (unpaired) electrons. The zero-order chi connectivity index (χ0) is 7.23. The van der Waals surface area contributed by atoms with Crippen LogP contribution in [0.5, 0.6) is 0 Å². The van der Waals surface area contributed by atoms with Gasteiger partial charge in [0.1, 0.15) is 6.26 Å². The molecule has 0 aromatic carbocycles. The van der Waals surface area contributed by atoms with Gasteiger partial charge < -0.3 is 4.42 Å². The van der Waals surface area contributed by atoms with Crippen LogP contribution in [0.1, 0.15) is 5.89 Å². The van der Waals surface area contributed by atoms with Crippen molar-refractivity contribution < 1.29 is 4.42 Å². The highest BCUT2D eigenvalue weighted by atomic mass is 16.3.